The van der Waals surface area contributed by atoms with Crippen molar-refractivity contribution in [2.45, 2.75) is 19.8 Å². The van der Waals surface area contributed by atoms with Crippen molar-refractivity contribution >= 4 is 10.0 Å². The number of rotatable bonds is 7. The largest absolute Gasteiger partial charge is 0.330 e. The van der Waals surface area contributed by atoms with Crippen molar-refractivity contribution in [2.75, 3.05) is 18.8 Å². The van der Waals surface area contributed by atoms with Gasteiger partial charge < -0.3 is 5.73 Å². The van der Waals surface area contributed by atoms with E-state index in [9.17, 15) is 8.42 Å². The molecular formula is C13H22N2O2S. The lowest BCUT2D eigenvalue weighted by Crippen LogP contribution is -2.34. The van der Waals surface area contributed by atoms with E-state index in [0.717, 1.165) is 5.56 Å². The molecule has 2 atom stereocenters. The van der Waals surface area contributed by atoms with Crippen LogP contribution in [-0.2, 0) is 10.0 Å². The average molecular weight is 270 g/mol. The maximum atomic E-state index is 11.9. The third kappa shape index (κ3) is 5.16. The van der Waals surface area contributed by atoms with Crippen molar-refractivity contribution in [1.82, 2.24) is 4.72 Å². The van der Waals surface area contributed by atoms with Crippen LogP contribution in [0.25, 0.3) is 0 Å². The van der Waals surface area contributed by atoms with Crippen LogP contribution in [0.2, 0.25) is 0 Å². The van der Waals surface area contributed by atoms with E-state index in [-0.39, 0.29) is 17.6 Å². The Balaban J connectivity index is 2.55. The van der Waals surface area contributed by atoms with Crippen LogP contribution in [0.1, 0.15) is 25.3 Å². The molecule has 1 rings (SSSR count). The van der Waals surface area contributed by atoms with E-state index in [4.69, 9.17) is 5.73 Å². The standard InChI is InChI=1S/C13H22N2O2S/c1-11(8-14)9-15-18(16,17)10-12(2)13-6-4-3-5-7-13/h3-7,11-12,15H,8-10,14H2,1-2H3. The van der Waals surface area contributed by atoms with Gasteiger partial charge in [-0.25, -0.2) is 13.1 Å². The maximum Gasteiger partial charge on any atom is 0.212 e. The number of nitrogens with two attached hydrogens (primary N) is 1. The first-order valence-corrected chi connectivity index (χ1v) is 7.82. The van der Waals surface area contributed by atoms with Gasteiger partial charge in [-0.1, -0.05) is 44.2 Å². The molecule has 0 aliphatic rings. The zero-order chi connectivity index (χ0) is 13.6. The van der Waals surface area contributed by atoms with Crippen LogP contribution in [0.4, 0.5) is 0 Å². The first-order chi connectivity index (χ1) is 8.44. The highest BCUT2D eigenvalue weighted by atomic mass is 32.2. The van der Waals surface area contributed by atoms with E-state index in [1.165, 1.54) is 0 Å². The molecule has 2 unspecified atom stereocenters. The van der Waals surface area contributed by atoms with Gasteiger partial charge in [-0.15, -0.1) is 0 Å². The Morgan fingerprint density at radius 1 is 1.22 bits per heavy atom. The van der Waals surface area contributed by atoms with Crippen LogP contribution in [0, 0.1) is 5.92 Å². The Labute approximate surface area is 110 Å². The SMILES string of the molecule is CC(CN)CNS(=O)(=O)CC(C)c1ccccc1. The van der Waals surface area contributed by atoms with Crippen LogP contribution in [0.5, 0.6) is 0 Å². The Hall–Kier alpha value is -0.910. The molecule has 0 saturated carbocycles. The Bertz CT molecular complexity index is 445. The molecular weight excluding hydrogens is 248 g/mol. The monoisotopic (exact) mass is 270 g/mol. The highest BCUT2D eigenvalue weighted by Gasteiger charge is 2.17. The third-order valence-corrected chi connectivity index (χ3v) is 4.44. The smallest absolute Gasteiger partial charge is 0.212 e. The van der Waals surface area contributed by atoms with E-state index in [0.29, 0.717) is 13.1 Å². The minimum atomic E-state index is -3.24. The molecule has 0 aromatic heterocycles. The highest BCUT2D eigenvalue weighted by molar-refractivity contribution is 7.89. The van der Waals surface area contributed by atoms with Crippen molar-refractivity contribution in [3.63, 3.8) is 0 Å². The quantitative estimate of drug-likeness (QED) is 0.784. The molecule has 0 bridgehead atoms. The van der Waals surface area contributed by atoms with Crippen LogP contribution in [0.15, 0.2) is 30.3 Å². The normalized spacial score (nSPS) is 15.3. The number of sulfonamides is 1. The van der Waals surface area contributed by atoms with E-state index < -0.39 is 10.0 Å². The predicted molar refractivity (Wildman–Crippen MR) is 74.9 cm³/mol. The van der Waals surface area contributed by atoms with Gasteiger partial charge in [0.05, 0.1) is 5.75 Å². The van der Waals surface area contributed by atoms with E-state index in [1.54, 1.807) is 0 Å². The van der Waals surface area contributed by atoms with Crippen molar-refractivity contribution in [1.29, 1.82) is 0 Å². The molecule has 5 heteroatoms. The molecule has 3 N–H and O–H groups in total. The van der Waals surface area contributed by atoms with Gasteiger partial charge in [0.2, 0.25) is 10.0 Å². The van der Waals surface area contributed by atoms with Gasteiger partial charge in [-0.05, 0) is 23.9 Å². The summed E-state index contributed by atoms with van der Waals surface area (Å²) in [4.78, 5) is 0. The molecule has 0 heterocycles. The summed E-state index contributed by atoms with van der Waals surface area (Å²) in [6, 6.07) is 9.65. The summed E-state index contributed by atoms with van der Waals surface area (Å²) >= 11 is 0. The molecule has 1 aromatic carbocycles. The first-order valence-electron chi connectivity index (χ1n) is 6.17. The third-order valence-electron chi connectivity index (χ3n) is 2.89. The Kier molecular flexibility index (Phi) is 5.78. The van der Waals surface area contributed by atoms with E-state index in [1.807, 2.05) is 44.2 Å². The van der Waals surface area contributed by atoms with Crippen molar-refractivity contribution in [3.8, 4) is 0 Å². The van der Waals surface area contributed by atoms with Gasteiger partial charge >= 0.3 is 0 Å². The van der Waals surface area contributed by atoms with Gasteiger partial charge in [-0.3, -0.25) is 0 Å². The number of nitrogens with one attached hydrogen (secondary N) is 1. The molecule has 4 nitrogen and oxygen atoms in total. The van der Waals surface area contributed by atoms with E-state index >= 15 is 0 Å². The Morgan fingerprint density at radius 3 is 2.39 bits per heavy atom. The lowest BCUT2D eigenvalue weighted by Gasteiger charge is -2.15. The fraction of sp³-hybridized carbons (Fsp3) is 0.538. The van der Waals surface area contributed by atoms with Gasteiger partial charge in [0.15, 0.2) is 0 Å². The molecule has 0 saturated heterocycles. The number of hydrogen-bond acceptors (Lipinski definition) is 3. The van der Waals surface area contributed by atoms with Crippen LogP contribution in [-0.4, -0.2) is 27.3 Å². The lowest BCUT2D eigenvalue weighted by molar-refractivity contribution is 0.542. The highest BCUT2D eigenvalue weighted by Crippen LogP contribution is 2.16. The number of hydrogen-bond donors (Lipinski definition) is 2. The zero-order valence-electron chi connectivity index (χ0n) is 11.0. The summed E-state index contributed by atoms with van der Waals surface area (Å²) in [5.74, 6) is 0.248. The molecule has 0 aliphatic heterocycles. The van der Waals surface area contributed by atoms with Gasteiger partial charge in [0.25, 0.3) is 0 Å². The second-order valence-electron chi connectivity index (χ2n) is 4.78. The molecule has 1 aromatic rings. The van der Waals surface area contributed by atoms with E-state index in [2.05, 4.69) is 4.72 Å². The Morgan fingerprint density at radius 2 is 1.83 bits per heavy atom. The summed E-state index contributed by atoms with van der Waals surface area (Å²) in [5.41, 5.74) is 6.50. The van der Waals surface area contributed by atoms with Gasteiger partial charge in [0.1, 0.15) is 0 Å². The summed E-state index contributed by atoms with van der Waals surface area (Å²) in [5, 5.41) is 0. The van der Waals surface area contributed by atoms with Crippen LogP contribution < -0.4 is 10.5 Å². The van der Waals surface area contributed by atoms with Gasteiger partial charge in [-0.2, -0.15) is 0 Å². The lowest BCUT2D eigenvalue weighted by atomic mass is 10.0. The van der Waals surface area contributed by atoms with Gasteiger partial charge in [0, 0.05) is 6.54 Å². The zero-order valence-corrected chi connectivity index (χ0v) is 11.8. The summed E-state index contributed by atoms with van der Waals surface area (Å²) < 4.78 is 26.4. The molecule has 18 heavy (non-hydrogen) atoms. The molecule has 0 spiro atoms. The predicted octanol–water partition coefficient (Wildman–Crippen LogP) is 1.30. The second kappa shape index (κ2) is 6.87. The topological polar surface area (TPSA) is 72.2 Å². The molecule has 0 radical (unpaired) electrons. The van der Waals surface area contributed by atoms with Crippen LogP contribution >= 0.6 is 0 Å². The molecule has 102 valence electrons. The van der Waals surface area contributed by atoms with Crippen molar-refractivity contribution in [3.05, 3.63) is 35.9 Å². The average Bonchev–Trinajstić information content (AvgIpc) is 2.36. The molecule has 0 aliphatic carbocycles. The summed E-state index contributed by atoms with van der Waals surface area (Å²) in [7, 11) is -3.24. The minimum Gasteiger partial charge on any atom is -0.330 e. The maximum absolute atomic E-state index is 11.9. The minimum absolute atomic E-state index is 0.0168. The summed E-state index contributed by atoms with van der Waals surface area (Å²) in [6.45, 7) is 4.72. The fourth-order valence-electron chi connectivity index (χ4n) is 1.62. The van der Waals surface area contributed by atoms with Crippen LogP contribution in [0.3, 0.4) is 0 Å². The molecule has 0 fully saturated rings. The summed E-state index contributed by atoms with van der Waals surface area (Å²) in [6.07, 6.45) is 0. The first kappa shape index (κ1) is 15.1. The van der Waals surface area contributed by atoms with Crippen molar-refractivity contribution in [2.24, 2.45) is 11.7 Å². The van der Waals surface area contributed by atoms with Crippen molar-refractivity contribution < 1.29 is 8.42 Å². The second-order valence-corrected chi connectivity index (χ2v) is 6.63. The molecule has 0 amide bonds. The fourth-order valence-corrected chi connectivity index (χ4v) is 3.13. The number of benzene rings is 1.